The summed E-state index contributed by atoms with van der Waals surface area (Å²) >= 11 is 0. The Morgan fingerprint density at radius 3 is 3.10 bits per heavy atom. The largest absolute Gasteiger partial charge is 0.320 e. The molecule has 2 aromatic heterocycles. The van der Waals surface area contributed by atoms with Crippen LogP contribution in [0.3, 0.4) is 0 Å². The molecule has 1 amide bonds. The second-order valence-electron chi connectivity index (χ2n) is 5.18. The molecule has 3 heterocycles. The van der Waals surface area contributed by atoms with E-state index in [1.54, 1.807) is 9.42 Å². The number of aromatic nitrogens is 3. The molecule has 0 aliphatic carbocycles. The van der Waals surface area contributed by atoms with Crippen LogP contribution in [0.25, 0.3) is 5.65 Å². The minimum absolute atomic E-state index is 0.185. The molecule has 1 aliphatic heterocycles. The Morgan fingerprint density at radius 1 is 1.52 bits per heavy atom. The van der Waals surface area contributed by atoms with Gasteiger partial charge in [0.05, 0.1) is 12.3 Å². The maximum atomic E-state index is 12.7. The number of aryl methyl sites for hydroxylation is 2. The van der Waals surface area contributed by atoms with Crippen LogP contribution in [-0.2, 0) is 0 Å². The topological polar surface area (TPSA) is 86.3 Å². The second-order valence-corrected chi connectivity index (χ2v) is 5.18. The van der Waals surface area contributed by atoms with E-state index in [2.05, 4.69) is 21.5 Å². The average Bonchev–Trinajstić information content (AvgIpc) is 2.90. The van der Waals surface area contributed by atoms with Gasteiger partial charge in [0.2, 0.25) is 0 Å². The Kier molecular flexibility index (Phi) is 3.31. The molecule has 3 rings (SSSR count). The predicted molar refractivity (Wildman–Crippen MR) is 75.8 cm³/mol. The van der Waals surface area contributed by atoms with E-state index < -0.39 is 6.04 Å². The zero-order valence-corrected chi connectivity index (χ0v) is 12.0. The molecule has 1 saturated heterocycles. The summed E-state index contributed by atoms with van der Waals surface area (Å²) in [4.78, 5) is 18.7. The fraction of sp³-hybridized carbons (Fsp3) is 0.429. The lowest BCUT2D eigenvalue weighted by atomic mass is 10.1. The minimum Gasteiger partial charge on any atom is -0.320 e. The van der Waals surface area contributed by atoms with Crippen LogP contribution >= 0.6 is 0 Å². The maximum absolute atomic E-state index is 12.7. The van der Waals surface area contributed by atoms with Gasteiger partial charge in [-0.05, 0) is 19.9 Å². The molecule has 0 bridgehead atoms. The molecule has 108 valence electrons. The highest BCUT2D eigenvalue weighted by Gasteiger charge is 2.29. The van der Waals surface area contributed by atoms with Crippen molar-refractivity contribution in [2.75, 3.05) is 19.6 Å². The lowest BCUT2D eigenvalue weighted by molar-refractivity contribution is 0.0689. The number of nitrogens with zero attached hydrogens (tertiary/aromatic N) is 5. The van der Waals surface area contributed by atoms with Gasteiger partial charge in [-0.15, -0.1) is 0 Å². The summed E-state index contributed by atoms with van der Waals surface area (Å²) in [7, 11) is 0. The molecule has 1 fully saturated rings. The minimum atomic E-state index is -0.452. The van der Waals surface area contributed by atoms with Crippen LogP contribution < -0.4 is 5.32 Å². The zero-order chi connectivity index (χ0) is 15.0. The summed E-state index contributed by atoms with van der Waals surface area (Å²) in [5.41, 5.74) is 2.76. The third-order valence-corrected chi connectivity index (χ3v) is 3.66. The maximum Gasteiger partial charge on any atom is 0.260 e. The van der Waals surface area contributed by atoms with E-state index in [1.165, 1.54) is 6.20 Å². The molecule has 1 N–H and O–H groups in total. The van der Waals surface area contributed by atoms with Gasteiger partial charge < -0.3 is 10.2 Å². The molecular formula is C14H16N6O. The highest BCUT2D eigenvalue weighted by molar-refractivity contribution is 6.00. The zero-order valence-electron chi connectivity index (χ0n) is 12.0. The SMILES string of the molecule is Cc1cc(C)n2ncc(C(=O)N3CCNCC3C#N)c2n1. The van der Waals surface area contributed by atoms with Gasteiger partial charge in [0.1, 0.15) is 11.6 Å². The molecule has 0 aromatic carbocycles. The van der Waals surface area contributed by atoms with Crippen LogP contribution in [0.1, 0.15) is 21.7 Å². The van der Waals surface area contributed by atoms with E-state index in [-0.39, 0.29) is 5.91 Å². The Hall–Kier alpha value is -2.46. The van der Waals surface area contributed by atoms with E-state index >= 15 is 0 Å². The van der Waals surface area contributed by atoms with E-state index in [4.69, 9.17) is 0 Å². The Morgan fingerprint density at radius 2 is 2.33 bits per heavy atom. The summed E-state index contributed by atoms with van der Waals surface area (Å²) in [6.07, 6.45) is 1.54. The smallest absolute Gasteiger partial charge is 0.260 e. The fourth-order valence-corrected chi connectivity index (χ4v) is 2.64. The Balaban J connectivity index is 2.04. The normalized spacial score (nSPS) is 18.7. The van der Waals surface area contributed by atoms with Gasteiger partial charge in [0, 0.05) is 31.0 Å². The lowest BCUT2D eigenvalue weighted by Gasteiger charge is -2.31. The molecule has 1 atom stereocenters. The number of piperazine rings is 1. The van der Waals surface area contributed by atoms with Crippen molar-refractivity contribution in [2.45, 2.75) is 19.9 Å². The first-order valence-electron chi connectivity index (χ1n) is 6.85. The third-order valence-electron chi connectivity index (χ3n) is 3.66. The summed E-state index contributed by atoms with van der Waals surface area (Å²) in [6, 6.07) is 3.62. The molecule has 7 heteroatoms. The van der Waals surface area contributed by atoms with Gasteiger partial charge in [0.15, 0.2) is 5.65 Å². The van der Waals surface area contributed by atoms with Gasteiger partial charge >= 0.3 is 0 Å². The molecule has 7 nitrogen and oxygen atoms in total. The molecule has 0 spiro atoms. The first-order valence-corrected chi connectivity index (χ1v) is 6.85. The highest BCUT2D eigenvalue weighted by atomic mass is 16.2. The van der Waals surface area contributed by atoms with E-state index in [0.717, 1.165) is 11.4 Å². The van der Waals surface area contributed by atoms with E-state index in [9.17, 15) is 10.1 Å². The van der Waals surface area contributed by atoms with Crippen LogP contribution in [0, 0.1) is 25.2 Å². The number of carbonyl (C=O) groups excluding carboxylic acids is 1. The summed E-state index contributed by atoms with van der Waals surface area (Å²) in [5, 5.41) is 16.5. The molecule has 1 aliphatic rings. The Labute approximate surface area is 122 Å². The van der Waals surface area contributed by atoms with Crippen molar-refractivity contribution in [3.63, 3.8) is 0 Å². The van der Waals surface area contributed by atoms with Crippen molar-refractivity contribution < 1.29 is 4.79 Å². The predicted octanol–water partition coefficient (Wildman–Crippen LogP) is 0.284. The summed E-state index contributed by atoms with van der Waals surface area (Å²) in [6.45, 7) is 5.50. The van der Waals surface area contributed by atoms with Crippen molar-refractivity contribution in [2.24, 2.45) is 0 Å². The Bertz CT molecular complexity index is 744. The molecule has 0 radical (unpaired) electrons. The molecule has 2 aromatic rings. The molecule has 1 unspecified atom stereocenters. The number of nitriles is 1. The van der Waals surface area contributed by atoms with Crippen molar-refractivity contribution in [3.8, 4) is 6.07 Å². The molecule has 0 saturated carbocycles. The monoisotopic (exact) mass is 284 g/mol. The van der Waals surface area contributed by atoms with Crippen molar-refractivity contribution in [3.05, 3.63) is 29.2 Å². The van der Waals surface area contributed by atoms with Gasteiger partial charge in [-0.1, -0.05) is 0 Å². The number of nitrogens with one attached hydrogen (secondary N) is 1. The van der Waals surface area contributed by atoms with E-state index in [0.29, 0.717) is 30.8 Å². The number of rotatable bonds is 1. The quantitative estimate of drug-likeness (QED) is 0.813. The van der Waals surface area contributed by atoms with Gasteiger partial charge in [-0.25, -0.2) is 9.50 Å². The summed E-state index contributed by atoms with van der Waals surface area (Å²) < 4.78 is 1.66. The molecule has 21 heavy (non-hydrogen) atoms. The van der Waals surface area contributed by atoms with Crippen molar-refractivity contribution in [1.82, 2.24) is 24.8 Å². The fourth-order valence-electron chi connectivity index (χ4n) is 2.64. The van der Waals surface area contributed by atoms with Crippen LogP contribution in [-0.4, -0.2) is 51.1 Å². The van der Waals surface area contributed by atoms with E-state index in [1.807, 2.05) is 19.9 Å². The van der Waals surface area contributed by atoms with Gasteiger partial charge in [-0.2, -0.15) is 10.4 Å². The van der Waals surface area contributed by atoms with Crippen LogP contribution in [0.15, 0.2) is 12.3 Å². The average molecular weight is 284 g/mol. The first kappa shape index (κ1) is 13.5. The molecular weight excluding hydrogens is 268 g/mol. The first-order chi connectivity index (χ1) is 10.1. The number of hydrogen-bond acceptors (Lipinski definition) is 5. The lowest BCUT2D eigenvalue weighted by Crippen LogP contribution is -2.53. The van der Waals surface area contributed by atoms with Crippen molar-refractivity contribution >= 4 is 11.6 Å². The van der Waals surface area contributed by atoms with Crippen LogP contribution in [0.5, 0.6) is 0 Å². The van der Waals surface area contributed by atoms with Crippen molar-refractivity contribution in [1.29, 1.82) is 5.26 Å². The van der Waals surface area contributed by atoms with Crippen LogP contribution in [0.2, 0.25) is 0 Å². The number of fused-ring (bicyclic) bond motifs is 1. The van der Waals surface area contributed by atoms with Gasteiger partial charge in [-0.3, -0.25) is 4.79 Å². The number of carbonyl (C=O) groups is 1. The number of hydrogen-bond donors (Lipinski definition) is 1. The standard InChI is InChI=1S/C14H16N6O/c1-9-5-10(2)20-13(18-9)12(8-17-20)14(21)19-4-3-16-7-11(19)6-15/h5,8,11,16H,3-4,7H2,1-2H3. The van der Waals surface area contributed by atoms with Gasteiger partial charge in [0.25, 0.3) is 5.91 Å². The van der Waals surface area contributed by atoms with Crippen LogP contribution in [0.4, 0.5) is 0 Å². The highest BCUT2D eigenvalue weighted by Crippen LogP contribution is 2.16. The summed E-state index contributed by atoms with van der Waals surface area (Å²) in [5.74, 6) is -0.185. The second kappa shape index (κ2) is 5.14. The third kappa shape index (κ3) is 2.23. The number of amides is 1.